The molecule has 0 spiro atoms. The molecule has 3 rings (SSSR count). The number of hydrogen-bond acceptors (Lipinski definition) is 6. The van der Waals surface area contributed by atoms with Gasteiger partial charge in [0.15, 0.2) is 11.5 Å². The van der Waals surface area contributed by atoms with E-state index in [0.717, 1.165) is 12.1 Å². The van der Waals surface area contributed by atoms with Crippen molar-refractivity contribution in [3.63, 3.8) is 0 Å². The second kappa shape index (κ2) is 9.10. The number of hydrazine groups is 1. The normalized spacial score (nSPS) is 14.0. The van der Waals surface area contributed by atoms with Crippen LogP contribution in [0.5, 0.6) is 17.2 Å². The van der Waals surface area contributed by atoms with Crippen LogP contribution in [0.1, 0.15) is 48.9 Å². The maximum Gasteiger partial charge on any atom is 0.290 e. The number of aryl methyl sites for hydroxylation is 1. The van der Waals surface area contributed by atoms with E-state index in [-0.39, 0.29) is 23.7 Å². The molecule has 2 aromatic rings. The first-order valence-electron chi connectivity index (χ1n) is 10.6. The van der Waals surface area contributed by atoms with Crippen molar-refractivity contribution in [3.05, 3.63) is 35.2 Å². The molecule has 0 unspecified atom stereocenters. The van der Waals surface area contributed by atoms with Gasteiger partial charge >= 0.3 is 0 Å². The fourth-order valence-electron chi connectivity index (χ4n) is 3.75. The first-order chi connectivity index (χ1) is 15.1. The van der Waals surface area contributed by atoms with E-state index in [1.807, 2.05) is 26.8 Å². The first kappa shape index (κ1) is 23.4. The molecule has 1 aromatic heterocycles. The summed E-state index contributed by atoms with van der Waals surface area (Å²) in [5.41, 5.74) is 1.82. The number of methoxy groups -OCH3 is 3. The van der Waals surface area contributed by atoms with E-state index < -0.39 is 0 Å². The van der Waals surface area contributed by atoms with E-state index >= 15 is 0 Å². The van der Waals surface area contributed by atoms with Gasteiger partial charge in [0, 0.05) is 25.6 Å². The van der Waals surface area contributed by atoms with Gasteiger partial charge in [-0.15, -0.1) is 0 Å². The standard InChI is InChI=1S/C23H32N4O5/c1-23(2,3)19-14-16(25(4)24-19)22(29)27-10-8-9-26(27)20(28)13-15-11-17(30-5)21(32-7)18(12-15)31-6/h11-12,14H,8-10,13H2,1-7H3. The predicted octanol–water partition coefficient (Wildman–Crippen LogP) is 2.58. The predicted molar refractivity (Wildman–Crippen MR) is 119 cm³/mol. The number of nitrogens with zero attached hydrogens (tertiary/aromatic N) is 4. The molecule has 1 fully saturated rings. The van der Waals surface area contributed by atoms with Gasteiger partial charge in [0.1, 0.15) is 5.69 Å². The second-order valence-corrected chi connectivity index (χ2v) is 8.80. The van der Waals surface area contributed by atoms with Gasteiger partial charge in [-0.2, -0.15) is 5.10 Å². The Bertz CT molecular complexity index is 983. The van der Waals surface area contributed by atoms with Gasteiger partial charge in [-0.05, 0) is 30.2 Å². The number of carbonyl (C=O) groups is 2. The van der Waals surface area contributed by atoms with Gasteiger partial charge in [0.2, 0.25) is 11.7 Å². The van der Waals surface area contributed by atoms with E-state index in [1.54, 1.807) is 23.9 Å². The van der Waals surface area contributed by atoms with Crippen LogP contribution in [0.15, 0.2) is 18.2 Å². The molecule has 1 aliphatic rings. The molecule has 2 amide bonds. The molecule has 1 aliphatic heterocycles. The van der Waals surface area contributed by atoms with Crippen LogP contribution in [0, 0.1) is 0 Å². The molecule has 0 N–H and O–H groups in total. The number of hydrogen-bond donors (Lipinski definition) is 0. The van der Waals surface area contributed by atoms with Crippen LogP contribution in [-0.4, -0.2) is 66.0 Å². The molecule has 2 heterocycles. The largest absolute Gasteiger partial charge is 0.493 e. The Kier molecular flexibility index (Phi) is 6.66. The molecular formula is C23H32N4O5. The smallest absolute Gasteiger partial charge is 0.290 e. The lowest BCUT2D eigenvalue weighted by Gasteiger charge is -2.28. The van der Waals surface area contributed by atoms with Crippen molar-refractivity contribution in [1.29, 1.82) is 0 Å². The maximum absolute atomic E-state index is 13.3. The molecular weight excluding hydrogens is 412 g/mol. The SMILES string of the molecule is COc1cc(CC(=O)N2CCCN2C(=O)c2cc(C(C)(C)C)nn2C)cc(OC)c1OC. The van der Waals surface area contributed by atoms with Crippen LogP contribution in [0.3, 0.4) is 0 Å². The van der Waals surface area contributed by atoms with Gasteiger partial charge in [0.25, 0.3) is 5.91 Å². The van der Waals surface area contributed by atoms with Gasteiger partial charge in [-0.25, -0.2) is 5.01 Å². The Labute approximate surface area is 188 Å². The minimum Gasteiger partial charge on any atom is -0.493 e. The van der Waals surface area contributed by atoms with Crippen LogP contribution in [0.4, 0.5) is 0 Å². The Morgan fingerprint density at radius 1 is 0.969 bits per heavy atom. The topological polar surface area (TPSA) is 86.1 Å². The third kappa shape index (κ3) is 4.51. The van der Waals surface area contributed by atoms with Crippen LogP contribution in [0.25, 0.3) is 0 Å². The third-order valence-electron chi connectivity index (χ3n) is 5.50. The Morgan fingerprint density at radius 3 is 2.06 bits per heavy atom. The summed E-state index contributed by atoms with van der Waals surface area (Å²) in [6, 6.07) is 5.30. The average Bonchev–Trinajstić information content (AvgIpc) is 3.39. The molecule has 0 radical (unpaired) electrons. The van der Waals surface area contributed by atoms with E-state index in [9.17, 15) is 9.59 Å². The molecule has 32 heavy (non-hydrogen) atoms. The lowest BCUT2D eigenvalue weighted by atomic mass is 9.92. The van der Waals surface area contributed by atoms with E-state index in [0.29, 0.717) is 41.6 Å². The van der Waals surface area contributed by atoms with Gasteiger partial charge in [-0.3, -0.25) is 19.3 Å². The number of rotatable bonds is 6. The van der Waals surface area contributed by atoms with Crippen LogP contribution >= 0.6 is 0 Å². The van der Waals surface area contributed by atoms with Crippen molar-refractivity contribution in [2.24, 2.45) is 7.05 Å². The highest BCUT2D eigenvalue weighted by Gasteiger charge is 2.34. The van der Waals surface area contributed by atoms with Crippen molar-refractivity contribution in [2.75, 3.05) is 34.4 Å². The van der Waals surface area contributed by atoms with Crippen molar-refractivity contribution >= 4 is 11.8 Å². The molecule has 0 aliphatic carbocycles. The number of carbonyl (C=O) groups excluding carboxylic acids is 2. The summed E-state index contributed by atoms with van der Waals surface area (Å²) in [4.78, 5) is 26.4. The molecule has 0 saturated carbocycles. The van der Waals surface area contributed by atoms with Gasteiger partial charge in [-0.1, -0.05) is 20.8 Å². The van der Waals surface area contributed by atoms with Crippen LogP contribution in [0.2, 0.25) is 0 Å². The zero-order valence-electron chi connectivity index (χ0n) is 19.9. The molecule has 0 atom stereocenters. The summed E-state index contributed by atoms with van der Waals surface area (Å²) in [6.07, 6.45) is 0.815. The molecule has 0 bridgehead atoms. The van der Waals surface area contributed by atoms with E-state index in [2.05, 4.69) is 5.10 Å². The van der Waals surface area contributed by atoms with Crippen molar-refractivity contribution in [3.8, 4) is 17.2 Å². The molecule has 174 valence electrons. The summed E-state index contributed by atoms with van der Waals surface area (Å²) < 4.78 is 17.7. The third-order valence-corrected chi connectivity index (χ3v) is 5.50. The van der Waals surface area contributed by atoms with Gasteiger partial charge < -0.3 is 14.2 Å². The Morgan fingerprint density at radius 2 is 1.56 bits per heavy atom. The minimum atomic E-state index is -0.230. The second-order valence-electron chi connectivity index (χ2n) is 8.80. The molecule has 9 nitrogen and oxygen atoms in total. The zero-order valence-corrected chi connectivity index (χ0v) is 19.9. The minimum absolute atomic E-state index is 0.0964. The lowest BCUT2D eigenvalue weighted by molar-refractivity contribution is -0.139. The summed E-state index contributed by atoms with van der Waals surface area (Å²) in [6.45, 7) is 7.11. The van der Waals surface area contributed by atoms with Crippen molar-refractivity contribution < 1.29 is 23.8 Å². The quantitative estimate of drug-likeness (QED) is 0.681. The highest BCUT2D eigenvalue weighted by molar-refractivity contribution is 5.94. The zero-order chi connectivity index (χ0) is 23.6. The molecule has 1 aromatic carbocycles. The Balaban J connectivity index is 1.82. The average molecular weight is 445 g/mol. The van der Waals surface area contributed by atoms with Gasteiger partial charge in [0.05, 0.1) is 33.4 Å². The maximum atomic E-state index is 13.3. The van der Waals surface area contributed by atoms with E-state index in [1.165, 1.54) is 31.3 Å². The summed E-state index contributed by atoms with van der Waals surface area (Å²) in [7, 11) is 6.34. The summed E-state index contributed by atoms with van der Waals surface area (Å²) in [5.74, 6) is 1.02. The van der Waals surface area contributed by atoms with Crippen LogP contribution < -0.4 is 14.2 Å². The fraction of sp³-hybridized carbons (Fsp3) is 0.522. The monoisotopic (exact) mass is 444 g/mol. The highest BCUT2D eigenvalue weighted by atomic mass is 16.5. The van der Waals surface area contributed by atoms with Crippen LogP contribution in [-0.2, 0) is 23.7 Å². The highest BCUT2D eigenvalue weighted by Crippen LogP contribution is 2.38. The van der Waals surface area contributed by atoms with Crippen molar-refractivity contribution in [2.45, 2.75) is 39.0 Å². The van der Waals surface area contributed by atoms with E-state index in [4.69, 9.17) is 14.2 Å². The lowest BCUT2D eigenvalue weighted by Crippen LogP contribution is -2.46. The number of benzene rings is 1. The summed E-state index contributed by atoms with van der Waals surface area (Å²) in [5, 5.41) is 7.53. The molecule has 1 saturated heterocycles. The number of aromatic nitrogens is 2. The summed E-state index contributed by atoms with van der Waals surface area (Å²) >= 11 is 0. The number of amides is 2. The molecule has 9 heteroatoms. The number of ether oxygens (including phenoxy) is 3. The fourth-order valence-corrected chi connectivity index (χ4v) is 3.75. The first-order valence-corrected chi connectivity index (χ1v) is 10.6. The van der Waals surface area contributed by atoms with Crippen molar-refractivity contribution in [1.82, 2.24) is 19.8 Å². The Hall–Kier alpha value is -3.23.